The fraction of sp³-hybridized carbons (Fsp3) is 0.667. The first-order valence-electron chi connectivity index (χ1n) is 4.05. The Hall–Kier alpha value is -0.790. The topological polar surface area (TPSA) is 35.9 Å². The maximum atomic E-state index is 7.46. The molecule has 0 aliphatic carbocycles. The standard InChI is InChI=1S/C9H18N2/c1-7(2)9(10)5-6-11-8(3)4/h5-8,10-11H,1-4H3/b6-5-,10-9?. The molecule has 0 aliphatic rings. The number of rotatable bonds is 4. The summed E-state index contributed by atoms with van der Waals surface area (Å²) in [6, 6.07) is 0.450. The molecule has 0 amide bonds. The van der Waals surface area contributed by atoms with E-state index in [0.29, 0.717) is 17.7 Å². The monoisotopic (exact) mass is 154 g/mol. The van der Waals surface area contributed by atoms with Crippen LogP contribution < -0.4 is 5.32 Å². The second-order valence-electron chi connectivity index (χ2n) is 3.26. The molecule has 0 bridgehead atoms. The van der Waals surface area contributed by atoms with Crippen molar-refractivity contribution in [2.75, 3.05) is 0 Å². The van der Waals surface area contributed by atoms with Gasteiger partial charge in [0, 0.05) is 11.8 Å². The molecule has 64 valence electrons. The van der Waals surface area contributed by atoms with E-state index in [2.05, 4.69) is 19.2 Å². The molecule has 2 nitrogen and oxygen atoms in total. The van der Waals surface area contributed by atoms with Crippen molar-refractivity contribution in [1.29, 1.82) is 5.41 Å². The van der Waals surface area contributed by atoms with Gasteiger partial charge in [0.2, 0.25) is 0 Å². The number of allylic oxidation sites excluding steroid dienone is 1. The maximum absolute atomic E-state index is 7.46. The van der Waals surface area contributed by atoms with Gasteiger partial charge >= 0.3 is 0 Å². The van der Waals surface area contributed by atoms with Crippen molar-refractivity contribution in [2.45, 2.75) is 33.7 Å². The van der Waals surface area contributed by atoms with Crippen LogP contribution in [0.1, 0.15) is 27.7 Å². The zero-order valence-corrected chi connectivity index (χ0v) is 7.81. The van der Waals surface area contributed by atoms with Crippen molar-refractivity contribution >= 4 is 5.71 Å². The molecule has 11 heavy (non-hydrogen) atoms. The average Bonchev–Trinajstić information content (AvgIpc) is 1.86. The van der Waals surface area contributed by atoms with Crippen LogP contribution in [-0.4, -0.2) is 11.8 Å². The van der Waals surface area contributed by atoms with Gasteiger partial charge in [0.05, 0.1) is 0 Å². The van der Waals surface area contributed by atoms with Crippen molar-refractivity contribution in [3.63, 3.8) is 0 Å². The summed E-state index contributed by atoms with van der Waals surface area (Å²) in [5.41, 5.74) is 0.665. The smallest absolute Gasteiger partial charge is 0.0353 e. The second kappa shape index (κ2) is 4.94. The molecule has 0 spiro atoms. The van der Waals surface area contributed by atoms with E-state index < -0.39 is 0 Å². The van der Waals surface area contributed by atoms with E-state index in [1.54, 1.807) is 0 Å². The molecular formula is C9H18N2. The summed E-state index contributed by atoms with van der Waals surface area (Å²) in [5, 5.41) is 10.6. The maximum Gasteiger partial charge on any atom is 0.0353 e. The minimum absolute atomic E-state index is 0.320. The van der Waals surface area contributed by atoms with Crippen molar-refractivity contribution < 1.29 is 0 Å². The highest BCUT2D eigenvalue weighted by molar-refractivity contribution is 5.93. The van der Waals surface area contributed by atoms with E-state index in [1.165, 1.54) is 0 Å². The molecule has 0 rings (SSSR count). The van der Waals surface area contributed by atoms with Crippen molar-refractivity contribution in [2.24, 2.45) is 5.92 Å². The first-order chi connectivity index (χ1) is 5.04. The summed E-state index contributed by atoms with van der Waals surface area (Å²) >= 11 is 0. The summed E-state index contributed by atoms with van der Waals surface area (Å²) in [4.78, 5) is 0. The Morgan fingerprint density at radius 1 is 1.27 bits per heavy atom. The highest BCUT2D eigenvalue weighted by Crippen LogP contribution is 1.94. The van der Waals surface area contributed by atoms with Gasteiger partial charge in [-0.25, -0.2) is 0 Å². The van der Waals surface area contributed by atoms with E-state index >= 15 is 0 Å². The van der Waals surface area contributed by atoms with E-state index in [-0.39, 0.29) is 0 Å². The van der Waals surface area contributed by atoms with Crippen molar-refractivity contribution in [3.05, 3.63) is 12.3 Å². The van der Waals surface area contributed by atoms with Gasteiger partial charge in [0.1, 0.15) is 0 Å². The first kappa shape index (κ1) is 10.2. The molecule has 2 heteroatoms. The number of hydrogen-bond donors (Lipinski definition) is 2. The van der Waals surface area contributed by atoms with Crippen LogP contribution in [0.15, 0.2) is 12.3 Å². The Kier molecular flexibility index (Phi) is 4.59. The van der Waals surface area contributed by atoms with Crippen LogP contribution in [0.25, 0.3) is 0 Å². The summed E-state index contributed by atoms with van der Waals surface area (Å²) in [6.07, 6.45) is 3.65. The van der Waals surface area contributed by atoms with E-state index in [0.717, 1.165) is 0 Å². The molecule has 2 N–H and O–H groups in total. The first-order valence-corrected chi connectivity index (χ1v) is 4.05. The van der Waals surface area contributed by atoms with Crippen molar-refractivity contribution in [3.8, 4) is 0 Å². The summed E-state index contributed by atoms with van der Waals surface area (Å²) < 4.78 is 0. The van der Waals surface area contributed by atoms with E-state index in [4.69, 9.17) is 5.41 Å². The molecule has 0 aromatic carbocycles. The van der Waals surface area contributed by atoms with Gasteiger partial charge in [-0.2, -0.15) is 0 Å². The Balaban J connectivity index is 3.66. The molecule has 0 heterocycles. The van der Waals surface area contributed by atoms with Crippen LogP contribution >= 0.6 is 0 Å². The molecule has 0 saturated carbocycles. The van der Waals surface area contributed by atoms with Crippen LogP contribution in [0.5, 0.6) is 0 Å². The third kappa shape index (κ3) is 5.64. The molecule has 0 radical (unpaired) electrons. The van der Waals surface area contributed by atoms with Gasteiger partial charge in [0.15, 0.2) is 0 Å². The van der Waals surface area contributed by atoms with Crippen LogP contribution in [0, 0.1) is 11.3 Å². The Labute approximate surface area is 69.2 Å². The van der Waals surface area contributed by atoms with Gasteiger partial charge in [-0.3, -0.25) is 0 Å². The van der Waals surface area contributed by atoms with Gasteiger partial charge in [-0.15, -0.1) is 0 Å². The molecule has 0 fully saturated rings. The molecule has 0 aromatic heterocycles. The van der Waals surface area contributed by atoms with E-state index in [1.807, 2.05) is 26.1 Å². The lowest BCUT2D eigenvalue weighted by Gasteiger charge is -2.04. The van der Waals surface area contributed by atoms with Gasteiger partial charge in [-0.1, -0.05) is 13.8 Å². The number of nitrogens with one attached hydrogen (secondary N) is 2. The lowest BCUT2D eigenvalue weighted by atomic mass is 10.1. The van der Waals surface area contributed by atoms with Crippen LogP contribution in [0.2, 0.25) is 0 Å². The van der Waals surface area contributed by atoms with Crippen LogP contribution in [0.4, 0.5) is 0 Å². The number of hydrogen-bond acceptors (Lipinski definition) is 2. The van der Waals surface area contributed by atoms with E-state index in [9.17, 15) is 0 Å². The highest BCUT2D eigenvalue weighted by Gasteiger charge is 1.95. The van der Waals surface area contributed by atoms with Crippen LogP contribution in [-0.2, 0) is 0 Å². The van der Waals surface area contributed by atoms with Gasteiger partial charge < -0.3 is 10.7 Å². The molecule has 0 atom stereocenters. The van der Waals surface area contributed by atoms with Crippen LogP contribution in [0.3, 0.4) is 0 Å². The fourth-order valence-corrected chi connectivity index (χ4v) is 0.523. The molecule has 0 unspecified atom stereocenters. The highest BCUT2D eigenvalue weighted by atomic mass is 14.9. The molecule has 0 saturated heterocycles. The lowest BCUT2D eigenvalue weighted by Crippen LogP contribution is -2.16. The van der Waals surface area contributed by atoms with Gasteiger partial charge in [0.25, 0.3) is 0 Å². The zero-order chi connectivity index (χ0) is 8.85. The Morgan fingerprint density at radius 2 is 1.82 bits per heavy atom. The summed E-state index contributed by atoms with van der Waals surface area (Å²) in [6.45, 7) is 8.18. The third-order valence-electron chi connectivity index (χ3n) is 1.31. The minimum atomic E-state index is 0.320. The SMILES string of the molecule is CC(C)N/C=C\C(=N)C(C)C. The largest absolute Gasteiger partial charge is 0.389 e. The molecule has 0 aliphatic heterocycles. The molecular weight excluding hydrogens is 136 g/mol. The zero-order valence-electron chi connectivity index (χ0n) is 7.81. The summed E-state index contributed by atoms with van der Waals surface area (Å²) in [7, 11) is 0. The third-order valence-corrected chi connectivity index (χ3v) is 1.31. The normalized spacial score (nSPS) is 11.5. The Bertz CT molecular complexity index is 146. The summed E-state index contributed by atoms with van der Waals surface area (Å²) in [5.74, 6) is 0.320. The van der Waals surface area contributed by atoms with Gasteiger partial charge in [-0.05, 0) is 32.0 Å². The predicted octanol–water partition coefficient (Wildman–Crippen LogP) is 2.17. The lowest BCUT2D eigenvalue weighted by molar-refractivity contribution is 0.702. The average molecular weight is 154 g/mol. The minimum Gasteiger partial charge on any atom is -0.389 e. The Morgan fingerprint density at radius 3 is 2.18 bits per heavy atom. The fourth-order valence-electron chi connectivity index (χ4n) is 0.523. The predicted molar refractivity (Wildman–Crippen MR) is 50.0 cm³/mol. The quantitative estimate of drug-likeness (QED) is 0.598. The second-order valence-corrected chi connectivity index (χ2v) is 3.26. The molecule has 0 aromatic rings. The van der Waals surface area contributed by atoms with Crippen molar-refractivity contribution in [1.82, 2.24) is 5.32 Å².